The number of nitrogens with zero attached hydrogens (tertiary/aromatic N) is 3. The van der Waals surface area contributed by atoms with E-state index < -0.39 is 10.0 Å². The molecule has 0 saturated carbocycles. The van der Waals surface area contributed by atoms with Gasteiger partial charge in [0.05, 0.1) is 11.4 Å². The number of aliphatic imine (C=N–C) groups is 1. The number of rotatable bonds is 8. The van der Waals surface area contributed by atoms with Gasteiger partial charge in [0.1, 0.15) is 0 Å². The lowest BCUT2D eigenvalue weighted by atomic mass is 10.1. The van der Waals surface area contributed by atoms with Crippen LogP contribution in [0.2, 0.25) is 0 Å². The van der Waals surface area contributed by atoms with Crippen LogP contribution in [0.1, 0.15) is 51.0 Å². The second-order valence-corrected chi connectivity index (χ2v) is 10.1. The predicted molar refractivity (Wildman–Crippen MR) is 122 cm³/mol. The van der Waals surface area contributed by atoms with Crippen LogP contribution in [-0.2, 0) is 16.6 Å². The molecule has 168 valence electrons. The molecular weight excluding hydrogens is 398 g/mol. The molecule has 2 aliphatic rings. The lowest BCUT2D eigenvalue weighted by Crippen LogP contribution is -2.42. The summed E-state index contributed by atoms with van der Waals surface area (Å²) in [6, 6.07) is 7.22. The lowest BCUT2D eigenvalue weighted by molar-refractivity contribution is 0.232. The van der Waals surface area contributed by atoms with E-state index >= 15 is 0 Å². The summed E-state index contributed by atoms with van der Waals surface area (Å²) in [7, 11) is -3.41. The van der Waals surface area contributed by atoms with E-state index in [1.165, 1.54) is 32.4 Å². The molecule has 0 aliphatic carbocycles. The van der Waals surface area contributed by atoms with E-state index in [0.717, 1.165) is 50.4 Å². The molecule has 1 aromatic rings. The van der Waals surface area contributed by atoms with Gasteiger partial charge in [0.2, 0.25) is 10.0 Å². The molecule has 0 amide bonds. The largest absolute Gasteiger partial charge is 0.357 e. The van der Waals surface area contributed by atoms with Crippen LogP contribution in [0.5, 0.6) is 0 Å². The SMILES string of the molecule is CCNC(=NCc1cccc(S(=O)(=O)N2CCCCC2)c1)NCCN1CCCCC1. The monoisotopic (exact) mass is 435 g/mol. The van der Waals surface area contributed by atoms with Crippen LogP contribution in [0, 0.1) is 0 Å². The van der Waals surface area contributed by atoms with Crippen molar-refractivity contribution in [2.45, 2.75) is 56.9 Å². The standard InChI is InChI=1S/C22H37N5O2S/c1-2-23-22(24-12-17-26-13-5-3-6-14-26)25-19-20-10-9-11-21(18-20)30(28,29)27-15-7-4-8-16-27/h9-11,18H,2-8,12-17,19H2,1H3,(H2,23,24,25). The normalized spacial score (nSPS) is 19.6. The highest BCUT2D eigenvalue weighted by Crippen LogP contribution is 2.21. The molecule has 3 rings (SSSR count). The van der Waals surface area contributed by atoms with E-state index in [0.29, 0.717) is 24.5 Å². The topological polar surface area (TPSA) is 77.0 Å². The van der Waals surface area contributed by atoms with Gasteiger partial charge in [-0.1, -0.05) is 25.0 Å². The summed E-state index contributed by atoms with van der Waals surface area (Å²) in [5.74, 6) is 0.777. The van der Waals surface area contributed by atoms with Gasteiger partial charge in [-0.3, -0.25) is 0 Å². The van der Waals surface area contributed by atoms with Crippen molar-refractivity contribution < 1.29 is 8.42 Å². The number of hydrogen-bond acceptors (Lipinski definition) is 4. The minimum absolute atomic E-state index is 0.375. The van der Waals surface area contributed by atoms with E-state index in [9.17, 15) is 8.42 Å². The van der Waals surface area contributed by atoms with Crippen molar-refractivity contribution in [2.24, 2.45) is 4.99 Å². The molecule has 30 heavy (non-hydrogen) atoms. The zero-order valence-corrected chi connectivity index (χ0v) is 19.1. The summed E-state index contributed by atoms with van der Waals surface area (Å²) in [5.41, 5.74) is 0.904. The second kappa shape index (κ2) is 11.7. The van der Waals surface area contributed by atoms with Crippen molar-refractivity contribution >= 4 is 16.0 Å². The molecule has 8 heteroatoms. The molecule has 0 aromatic heterocycles. The fourth-order valence-corrected chi connectivity index (χ4v) is 5.67. The van der Waals surface area contributed by atoms with Gasteiger partial charge in [0.25, 0.3) is 0 Å². The third kappa shape index (κ3) is 6.68. The van der Waals surface area contributed by atoms with Gasteiger partial charge in [-0.2, -0.15) is 4.31 Å². The molecular formula is C22H37N5O2S. The molecule has 0 unspecified atom stereocenters. The number of benzene rings is 1. The van der Waals surface area contributed by atoms with Gasteiger partial charge < -0.3 is 15.5 Å². The first-order valence-corrected chi connectivity index (χ1v) is 12.9. The molecule has 0 spiro atoms. The molecule has 7 nitrogen and oxygen atoms in total. The molecule has 1 aromatic carbocycles. The Morgan fingerprint density at radius 1 is 1.00 bits per heavy atom. The van der Waals surface area contributed by atoms with Crippen LogP contribution in [0.3, 0.4) is 0 Å². The first-order chi connectivity index (χ1) is 14.6. The lowest BCUT2D eigenvalue weighted by Gasteiger charge is -2.26. The zero-order chi connectivity index (χ0) is 21.2. The average molecular weight is 436 g/mol. The van der Waals surface area contributed by atoms with Gasteiger partial charge in [0, 0.05) is 32.7 Å². The van der Waals surface area contributed by atoms with Crippen molar-refractivity contribution in [3.63, 3.8) is 0 Å². The Morgan fingerprint density at radius 3 is 2.40 bits per heavy atom. The number of piperidine rings is 2. The Labute approximate surface area is 182 Å². The van der Waals surface area contributed by atoms with Crippen LogP contribution in [-0.4, -0.2) is 69.4 Å². The van der Waals surface area contributed by atoms with Crippen molar-refractivity contribution in [1.82, 2.24) is 19.8 Å². The second-order valence-electron chi connectivity index (χ2n) is 8.14. The maximum absolute atomic E-state index is 12.9. The zero-order valence-electron chi connectivity index (χ0n) is 18.3. The molecule has 2 fully saturated rings. The number of likely N-dealkylation sites (tertiary alicyclic amines) is 1. The summed E-state index contributed by atoms with van der Waals surface area (Å²) < 4.78 is 27.5. The fourth-order valence-electron chi connectivity index (χ4n) is 4.09. The quantitative estimate of drug-likeness (QED) is 0.484. The van der Waals surface area contributed by atoms with Gasteiger partial charge in [-0.15, -0.1) is 0 Å². The Balaban J connectivity index is 1.59. The highest BCUT2D eigenvalue weighted by molar-refractivity contribution is 7.89. The molecule has 2 aliphatic heterocycles. The fraction of sp³-hybridized carbons (Fsp3) is 0.682. The molecule has 2 heterocycles. The van der Waals surface area contributed by atoms with E-state index in [4.69, 9.17) is 0 Å². The number of hydrogen-bond donors (Lipinski definition) is 2. The predicted octanol–water partition coefficient (Wildman–Crippen LogP) is 2.40. The van der Waals surface area contributed by atoms with E-state index in [1.54, 1.807) is 16.4 Å². The highest BCUT2D eigenvalue weighted by Gasteiger charge is 2.25. The smallest absolute Gasteiger partial charge is 0.243 e. The Bertz CT molecular complexity index is 784. The van der Waals surface area contributed by atoms with Crippen molar-refractivity contribution in [1.29, 1.82) is 0 Å². The number of sulfonamides is 1. The van der Waals surface area contributed by atoms with Crippen LogP contribution in [0.15, 0.2) is 34.2 Å². The summed E-state index contributed by atoms with van der Waals surface area (Å²) in [4.78, 5) is 7.54. The minimum atomic E-state index is -3.41. The summed E-state index contributed by atoms with van der Waals surface area (Å²) in [5, 5.41) is 6.69. The van der Waals surface area contributed by atoms with Crippen LogP contribution >= 0.6 is 0 Å². The van der Waals surface area contributed by atoms with E-state index in [-0.39, 0.29) is 0 Å². The molecule has 0 radical (unpaired) electrons. The maximum atomic E-state index is 12.9. The van der Waals surface area contributed by atoms with E-state index in [1.807, 2.05) is 19.1 Å². The molecule has 0 atom stereocenters. The van der Waals surface area contributed by atoms with Crippen LogP contribution < -0.4 is 10.6 Å². The van der Waals surface area contributed by atoms with Crippen molar-refractivity contribution in [3.8, 4) is 0 Å². The third-order valence-corrected chi connectivity index (χ3v) is 7.68. The summed E-state index contributed by atoms with van der Waals surface area (Å²) in [6.07, 6.45) is 6.94. The van der Waals surface area contributed by atoms with Gasteiger partial charge in [-0.25, -0.2) is 13.4 Å². The summed E-state index contributed by atoms with van der Waals surface area (Å²) in [6.45, 7) is 8.78. The summed E-state index contributed by atoms with van der Waals surface area (Å²) >= 11 is 0. The maximum Gasteiger partial charge on any atom is 0.243 e. The average Bonchev–Trinajstić information content (AvgIpc) is 2.79. The first kappa shape index (κ1) is 23.0. The van der Waals surface area contributed by atoms with Gasteiger partial charge in [-0.05, 0) is 63.4 Å². The highest BCUT2D eigenvalue weighted by atomic mass is 32.2. The van der Waals surface area contributed by atoms with Gasteiger partial charge in [0.15, 0.2) is 5.96 Å². The Kier molecular flexibility index (Phi) is 8.96. The molecule has 2 N–H and O–H groups in total. The Morgan fingerprint density at radius 2 is 1.70 bits per heavy atom. The number of guanidine groups is 1. The van der Waals surface area contributed by atoms with E-state index in [2.05, 4.69) is 20.5 Å². The first-order valence-electron chi connectivity index (χ1n) is 11.4. The van der Waals surface area contributed by atoms with Crippen LogP contribution in [0.4, 0.5) is 0 Å². The van der Waals surface area contributed by atoms with Crippen molar-refractivity contribution in [2.75, 3.05) is 45.8 Å². The minimum Gasteiger partial charge on any atom is -0.357 e. The number of nitrogens with one attached hydrogen (secondary N) is 2. The van der Waals surface area contributed by atoms with Crippen LogP contribution in [0.25, 0.3) is 0 Å². The van der Waals surface area contributed by atoms with Gasteiger partial charge >= 0.3 is 0 Å². The third-order valence-electron chi connectivity index (χ3n) is 5.78. The van der Waals surface area contributed by atoms with Crippen molar-refractivity contribution in [3.05, 3.63) is 29.8 Å². The Hall–Kier alpha value is -1.64. The molecule has 0 bridgehead atoms. The molecule has 2 saturated heterocycles.